The molecule has 1 heteroatoms. The van der Waals surface area contributed by atoms with Crippen LogP contribution >= 0.6 is 0 Å². The van der Waals surface area contributed by atoms with Gasteiger partial charge in [0.2, 0.25) is 0 Å². The fourth-order valence-electron chi connectivity index (χ4n) is 0.956. The van der Waals surface area contributed by atoms with Gasteiger partial charge in [0, 0.05) is 0 Å². The van der Waals surface area contributed by atoms with Crippen LogP contribution in [0.4, 0.5) is 0 Å². The third-order valence-corrected chi connectivity index (χ3v) is 2.00. The molecule has 54 valence electrons. The Hall–Kier alpha value is 0.337. The van der Waals surface area contributed by atoms with Crippen LogP contribution in [0, 0.1) is 5.92 Å². The maximum atomic E-state index is 3.88. The van der Waals surface area contributed by atoms with Crippen LogP contribution in [-0.2, 0) is 0 Å². The number of hydrogen-bond acceptors (Lipinski definition) is 0. The van der Waals surface area contributed by atoms with Crippen LogP contribution in [0.2, 0.25) is 5.09 Å². The molecule has 0 spiro atoms. The van der Waals surface area contributed by atoms with Gasteiger partial charge in [-0.2, -0.15) is 0 Å². The topological polar surface area (TPSA) is 0 Å². The summed E-state index contributed by atoms with van der Waals surface area (Å²) in [5, 5.41) is 1.32. The van der Waals surface area contributed by atoms with E-state index in [0.29, 0.717) is 0 Å². The summed E-state index contributed by atoms with van der Waals surface area (Å²) in [5.41, 5.74) is 1.32. The average Bonchev–Trinajstić information content (AvgIpc) is 1.87. The molecule has 0 N–H and O–H groups in total. The Morgan fingerprint density at radius 3 is 2.60 bits per heavy atom. The van der Waals surface area contributed by atoms with Crippen molar-refractivity contribution in [2.75, 3.05) is 0 Å². The quantitative estimate of drug-likeness (QED) is 0.398. The van der Waals surface area contributed by atoms with E-state index >= 15 is 0 Å². The minimum absolute atomic E-state index is 0.902. The van der Waals surface area contributed by atoms with Gasteiger partial charge in [0.25, 0.3) is 0 Å². The average molecular weight is 132 g/mol. The molecule has 0 fully saturated rings. The van der Waals surface area contributed by atoms with E-state index in [2.05, 4.69) is 38.1 Å². The number of rotatable bonds is 5. The molecule has 0 aromatic carbocycles. The van der Waals surface area contributed by atoms with Crippen LogP contribution in [0.1, 0.15) is 33.1 Å². The predicted octanol–water partition coefficient (Wildman–Crippen LogP) is 2.96. The van der Waals surface area contributed by atoms with Crippen molar-refractivity contribution in [2.24, 2.45) is 5.92 Å². The van der Waals surface area contributed by atoms with E-state index in [0.717, 1.165) is 5.92 Å². The molecule has 0 nitrogen and oxygen atoms in total. The molecule has 0 aliphatic rings. The van der Waals surface area contributed by atoms with E-state index in [1.54, 1.807) is 0 Å². The second kappa shape index (κ2) is 6.07. The van der Waals surface area contributed by atoms with Crippen LogP contribution in [-0.4, -0.2) is 17.7 Å². The van der Waals surface area contributed by atoms with E-state index in [1.807, 2.05) is 0 Å². The number of hydrogen-bond donors (Lipinski definition) is 0. The van der Waals surface area contributed by atoms with Gasteiger partial charge >= 0.3 is 74.0 Å². The summed E-state index contributed by atoms with van der Waals surface area (Å²) in [7, 11) is 0. The van der Waals surface area contributed by atoms with E-state index in [-0.39, 0.29) is 0 Å². The Labute approximate surface area is 74.3 Å². The second-order valence-corrected chi connectivity index (χ2v) is 3.36. The first-order valence-corrected chi connectivity index (χ1v) is 4.31. The van der Waals surface area contributed by atoms with Crippen LogP contribution < -0.4 is 0 Å². The summed E-state index contributed by atoms with van der Waals surface area (Å²) in [4.78, 5) is 0. The normalized spacial score (nSPS) is 13.2. The summed E-state index contributed by atoms with van der Waals surface area (Å²) in [6, 6.07) is 0. The van der Waals surface area contributed by atoms with Crippen molar-refractivity contribution in [3.8, 4) is 0 Å². The molecule has 0 saturated heterocycles. The summed E-state index contributed by atoms with van der Waals surface area (Å²) >= 11 is 2.26. The van der Waals surface area contributed by atoms with Crippen molar-refractivity contribution in [3.05, 3.63) is 12.2 Å². The molecule has 0 heterocycles. The van der Waals surface area contributed by atoms with Crippen molar-refractivity contribution in [3.63, 3.8) is 0 Å². The first-order valence-electron chi connectivity index (χ1n) is 4.31. The zero-order valence-corrected chi connectivity index (χ0v) is 7.61. The van der Waals surface area contributed by atoms with Crippen molar-refractivity contribution < 1.29 is 0 Å². The third-order valence-electron chi connectivity index (χ3n) is 2.00. The van der Waals surface area contributed by atoms with E-state index in [9.17, 15) is 0 Å². The number of allylic oxidation sites excluding steroid dienone is 1. The summed E-state index contributed by atoms with van der Waals surface area (Å²) < 4.78 is 0. The first-order chi connectivity index (χ1) is 4.66. The molecule has 0 aliphatic carbocycles. The van der Waals surface area contributed by atoms with Gasteiger partial charge < -0.3 is 0 Å². The molecule has 0 aliphatic heterocycles. The zero-order chi connectivity index (χ0) is 7.98. The Morgan fingerprint density at radius 2 is 2.20 bits per heavy atom. The van der Waals surface area contributed by atoms with E-state index < -0.39 is 0 Å². The van der Waals surface area contributed by atoms with Gasteiger partial charge in [-0.3, -0.25) is 0 Å². The molecule has 0 aromatic rings. The van der Waals surface area contributed by atoms with Gasteiger partial charge in [-0.15, -0.1) is 0 Å². The van der Waals surface area contributed by atoms with Gasteiger partial charge in [-0.05, 0) is 0 Å². The molecule has 1 atom stereocenters. The molecule has 0 radical (unpaired) electrons. The predicted molar refractivity (Wildman–Crippen MR) is 48.4 cm³/mol. The minimum atomic E-state index is 0.902. The van der Waals surface area contributed by atoms with Gasteiger partial charge in [-0.25, -0.2) is 0 Å². The molecule has 0 saturated carbocycles. The Balaban J connectivity index is 3.11. The van der Waals surface area contributed by atoms with Crippen LogP contribution in [0.5, 0.6) is 0 Å². The summed E-state index contributed by atoms with van der Waals surface area (Å²) in [5.74, 6) is 0.902. The van der Waals surface area contributed by atoms with Gasteiger partial charge in [0.1, 0.15) is 0 Å². The maximum absolute atomic E-state index is 3.88. The zero-order valence-electron chi connectivity index (χ0n) is 7.61. The Kier molecular flexibility index (Phi) is 6.28. The SMILES string of the molecule is [Li][CH2]C(C)CCCC(=C)C. The molecule has 0 aromatic heterocycles. The second-order valence-electron chi connectivity index (χ2n) is 3.36. The first kappa shape index (κ1) is 10.3. The Bertz CT molecular complexity index is 96.9. The molecular weight excluding hydrogens is 115 g/mol. The monoisotopic (exact) mass is 132 g/mol. The molecule has 10 heavy (non-hydrogen) atoms. The van der Waals surface area contributed by atoms with Crippen LogP contribution in [0.15, 0.2) is 12.2 Å². The van der Waals surface area contributed by atoms with Crippen molar-refractivity contribution in [1.82, 2.24) is 0 Å². The standard InChI is InChI=1S/C9H17.Li/c1-8(2)6-5-7-9(3)4;/h8H,1,3,5-7H2,2,4H3;. The van der Waals surface area contributed by atoms with Crippen molar-refractivity contribution in [1.29, 1.82) is 0 Å². The Morgan fingerprint density at radius 1 is 1.60 bits per heavy atom. The summed E-state index contributed by atoms with van der Waals surface area (Å²) in [6.07, 6.45) is 3.90. The fourth-order valence-corrected chi connectivity index (χ4v) is 0.956. The molecule has 0 rings (SSSR count). The van der Waals surface area contributed by atoms with E-state index in [4.69, 9.17) is 0 Å². The molecule has 0 bridgehead atoms. The van der Waals surface area contributed by atoms with Crippen molar-refractivity contribution in [2.45, 2.75) is 38.2 Å². The van der Waals surface area contributed by atoms with Gasteiger partial charge in [0.15, 0.2) is 0 Å². The van der Waals surface area contributed by atoms with Crippen LogP contribution in [0.3, 0.4) is 0 Å². The van der Waals surface area contributed by atoms with E-state index in [1.165, 1.54) is 29.9 Å². The molecule has 0 amide bonds. The fraction of sp³-hybridized carbons (Fsp3) is 0.778. The summed E-state index contributed by atoms with van der Waals surface area (Å²) in [6.45, 7) is 8.30. The van der Waals surface area contributed by atoms with Gasteiger partial charge in [0.05, 0.1) is 0 Å². The third kappa shape index (κ3) is 6.46. The molecular formula is C9H17Li. The molecule has 1 unspecified atom stereocenters. The van der Waals surface area contributed by atoms with Gasteiger partial charge in [-0.1, -0.05) is 0 Å². The van der Waals surface area contributed by atoms with Crippen LogP contribution in [0.25, 0.3) is 0 Å². The van der Waals surface area contributed by atoms with Crippen molar-refractivity contribution >= 4 is 17.7 Å².